The molecule has 0 aliphatic rings. The van der Waals surface area contributed by atoms with Gasteiger partial charge in [-0.3, -0.25) is 9.36 Å². The number of nitrogens with zero attached hydrogens (tertiary/aromatic N) is 1. The molecular weight excluding hydrogens is 300 g/mol. The third kappa shape index (κ3) is 2.59. The Balaban J connectivity index is 2.17. The molecule has 21 heavy (non-hydrogen) atoms. The number of aromatic nitrogens is 2. The number of fused-ring (bicyclic) bond motifs is 1. The van der Waals surface area contributed by atoms with Crippen LogP contribution >= 0.6 is 23.6 Å². The lowest BCUT2D eigenvalue weighted by Gasteiger charge is -2.08. The van der Waals surface area contributed by atoms with Crippen LogP contribution in [0.4, 0.5) is 0 Å². The van der Waals surface area contributed by atoms with Crippen LogP contribution in [0.15, 0.2) is 35.1 Å². The van der Waals surface area contributed by atoms with Crippen molar-refractivity contribution >= 4 is 33.8 Å². The van der Waals surface area contributed by atoms with E-state index in [1.54, 1.807) is 15.9 Å². The van der Waals surface area contributed by atoms with E-state index in [1.807, 2.05) is 37.3 Å². The Morgan fingerprint density at radius 2 is 2.10 bits per heavy atom. The van der Waals surface area contributed by atoms with Gasteiger partial charge in [0.2, 0.25) is 0 Å². The van der Waals surface area contributed by atoms with E-state index in [1.165, 1.54) is 10.4 Å². The first kappa shape index (κ1) is 14.2. The molecule has 0 fully saturated rings. The molecule has 0 aliphatic carbocycles. The Labute approximate surface area is 131 Å². The summed E-state index contributed by atoms with van der Waals surface area (Å²) in [6.07, 6.45) is 0.928. The molecule has 3 rings (SSSR count). The first-order valence-corrected chi connectivity index (χ1v) is 8.12. The van der Waals surface area contributed by atoms with Gasteiger partial charge in [0.25, 0.3) is 5.56 Å². The van der Waals surface area contributed by atoms with E-state index in [2.05, 4.69) is 11.9 Å². The van der Waals surface area contributed by atoms with Gasteiger partial charge in [0.1, 0.15) is 4.83 Å². The number of hydrogen-bond acceptors (Lipinski definition) is 3. The van der Waals surface area contributed by atoms with Gasteiger partial charge in [-0.25, -0.2) is 0 Å². The van der Waals surface area contributed by atoms with Gasteiger partial charge in [0.15, 0.2) is 4.77 Å². The van der Waals surface area contributed by atoms with E-state index in [0.717, 1.165) is 22.2 Å². The third-order valence-electron chi connectivity index (χ3n) is 3.66. The molecule has 0 bridgehead atoms. The number of thiophene rings is 1. The molecule has 2 heterocycles. The highest BCUT2D eigenvalue weighted by molar-refractivity contribution is 7.71. The van der Waals surface area contributed by atoms with Crippen LogP contribution in [0.2, 0.25) is 0 Å². The van der Waals surface area contributed by atoms with E-state index >= 15 is 0 Å². The normalized spacial score (nSPS) is 11.1. The quantitative estimate of drug-likeness (QED) is 0.741. The average molecular weight is 316 g/mol. The highest BCUT2D eigenvalue weighted by Crippen LogP contribution is 2.21. The van der Waals surface area contributed by atoms with Gasteiger partial charge >= 0.3 is 0 Å². The number of aryl methyl sites for hydroxylation is 2. The average Bonchev–Trinajstić information content (AvgIpc) is 2.88. The van der Waals surface area contributed by atoms with Crippen molar-refractivity contribution in [3.63, 3.8) is 0 Å². The van der Waals surface area contributed by atoms with Crippen LogP contribution in [0.3, 0.4) is 0 Å². The van der Waals surface area contributed by atoms with E-state index in [9.17, 15) is 4.79 Å². The smallest absolute Gasteiger partial charge is 0.263 e. The monoisotopic (exact) mass is 316 g/mol. The Bertz CT molecular complexity index is 918. The molecule has 0 amide bonds. The number of aromatic amines is 1. The van der Waals surface area contributed by atoms with Crippen LogP contribution in [-0.2, 0) is 13.0 Å². The Hall–Kier alpha value is -1.72. The molecule has 2 aromatic heterocycles. The fourth-order valence-corrected chi connectivity index (χ4v) is 3.67. The molecule has 5 heteroatoms. The van der Waals surface area contributed by atoms with Crippen LogP contribution in [-0.4, -0.2) is 9.55 Å². The second kappa shape index (κ2) is 5.58. The summed E-state index contributed by atoms with van der Waals surface area (Å²) >= 11 is 6.98. The standard InChI is InChI=1S/C16H16N2OS2/c1-3-12-8-13-14(21-12)17-16(20)18(15(13)19)9-11-7-5-4-6-10(11)2/h4-8H,3,9H2,1-2H3,(H,17,20). The van der Waals surface area contributed by atoms with Crippen molar-refractivity contribution in [2.75, 3.05) is 0 Å². The lowest BCUT2D eigenvalue weighted by atomic mass is 10.1. The minimum atomic E-state index is -0.00652. The Morgan fingerprint density at radius 3 is 2.81 bits per heavy atom. The molecule has 0 atom stereocenters. The topological polar surface area (TPSA) is 37.8 Å². The van der Waals surface area contributed by atoms with Crippen molar-refractivity contribution < 1.29 is 0 Å². The maximum absolute atomic E-state index is 12.7. The minimum Gasteiger partial charge on any atom is -0.323 e. The molecule has 3 aromatic rings. The molecule has 0 radical (unpaired) electrons. The third-order valence-corrected chi connectivity index (χ3v) is 5.18. The molecule has 0 spiro atoms. The molecule has 3 nitrogen and oxygen atoms in total. The summed E-state index contributed by atoms with van der Waals surface area (Å²) in [6.45, 7) is 4.64. The molecule has 1 aromatic carbocycles. The fraction of sp³-hybridized carbons (Fsp3) is 0.250. The molecular formula is C16H16N2OS2. The zero-order valence-electron chi connectivity index (χ0n) is 12.0. The number of hydrogen-bond donors (Lipinski definition) is 1. The minimum absolute atomic E-state index is 0.00652. The highest BCUT2D eigenvalue weighted by Gasteiger charge is 2.10. The maximum Gasteiger partial charge on any atom is 0.263 e. The first-order chi connectivity index (χ1) is 10.1. The number of nitrogens with one attached hydrogen (secondary N) is 1. The van der Waals surface area contributed by atoms with Crippen LogP contribution in [0.25, 0.3) is 10.2 Å². The molecule has 108 valence electrons. The molecule has 1 N–H and O–H groups in total. The lowest BCUT2D eigenvalue weighted by molar-refractivity contribution is 0.732. The summed E-state index contributed by atoms with van der Waals surface area (Å²) in [4.78, 5) is 17.9. The van der Waals surface area contributed by atoms with Gasteiger partial charge in [-0.1, -0.05) is 31.2 Å². The van der Waals surface area contributed by atoms with Crippen molar-refractivity contribution in [1.82, 2.24) is 9.55 Å². The molecule has 0 aliphatic heterocycles. The number of benzene rings is 1. The van der Waals surface area contributed by atoms with Crippen molar-refractivity contribution in [3.8, 4) is 0 Å². The predicted octanol–water partition coefficient (Wildman–Crippen LogP) is 4.04. The predicted molar refractivity (Wildman–Crippen MR) is 90.9 cm³/mol. The zero-order valence-corrected chi connectivity index (χ0v) is 13.6. The SMILES string of the molecule is CCc1cc2c(=O)n(Cc3ccccc3C)c(=S)[nH]c2s1. The second-order valence-corrected chi connectivity index (χ2v) is 6.58. The Kier molecular flexibility index (Phi) is 3.78. The van der Waals surface area contributed by atoms with Crippen LogP contribution < -0.4 is 5.56 Å². The van der Waals surface area contributed by atoms with E-state index in [0.29, 0.717) is 11.3 Å². The maximum atomic E-state index is 12.7. The summed E-state index contributed by atoms with van der Waals surface area (Å²) in [5.41, 5.74) is 2.27. The zero-order chi connectivity index (χ0) is 15.0. The number of rotatable bonds is 3. The fourth-order valence-electron chi connectivity index (χ4n) is 2.37. The highest BCUT2D eigenvalue weighted by atomic mass is 32.1. The van der Waals surface area contributed by atoms with Crippen LogP contribution in [0.5, 0.6) is 0 Å². The summed E-state index contributed by atoms with van der Waals surface area (Å²) < 4.78 is 2.13. The van der Waals surface area contributed by atoms with Crippen molar-refractivity contribution in [1.29, 1.82) is 0 Å². The van der Waals surface area contributed by atoms with Gasteiger partial charge in [0.05, 0.1) is 11.9 Å². The largest absolute Gasteiger partial charge is 0.323 e. The summed E-state index contributed by atoms with van der Waals surface area (Å²) in [5, 5.41) is 0.735. The molecule has 0 unspecified atom stereocenters. The van der Waals surface area contributed by atoms with Gasteiger partial charge in [0, 0.05) is 4.88 Å². The summed E-state index contributed by atoms with van der Waals surface area (Å²) in [7, 11) is 0. The van der Waals surface area contributed by atoms with Gasteiger partial charge in [-0.2, -0.15) is 0 Å². The van der Waals surface area contributed by atoms with E-state index < -0.39 is 0 Å². The van der Waals surface area contributed by atoms with Crippen LogP contribution in [0, 0.1) is 11.7 Å². The first-order valence-electron chi connectivity index (χ1n) is 6.90. The van der Waals surface area contributed by atoms with Crippen molar-refractivity contribution in [2.24, 2.45) is 0 Å². The van der Waals surface area contributed by atoms with Gasteiger partial charge < -0.3 is 4.98 Å². The van der Waals surface area contributed by atoms with Crippen molar-refractivity contribution in [3.05, 3.63) is 61.5 Å². The molecule has 0 saturated heterocycles. The number of H-pyrrole nitrogens is 1. The van der Waals surface area contributed by atoms with E-state index in [-0.39, 0.29) is 5.56 Å². The lowest BCUT2D eigenvalue weighted by Crippen LogP contribution is -2.22. The second-order valence-electron chi connectivity index (χ2n) is 5.06. The molecule has 0 saturated carbocycles. The summed E-state index contributed by atoms with van der Waals surface area (Å²) in [6, 6.07) is 10.0. The van der Waals surface area contributed by atoms with Crippen molar-refractivity contribution in [2.45, 2.75) is 26.8 Å². The Morgan fingerprint density at radius 1 is 1.33 bits per heavy atom. The summed E-state index contributed by atoms with van der Waals surface area (Å²) in [5.74, 6) is 0. The van der Waals surface area contributed by atoms with Gasteiger partial charge in [-0.15, -0.1) is 11.3 Å². The van der Waals surface area contributed by atoms with E-state index in [4.69, 9.17) is 12.2 Å². The van der Waals surface area contributed by atoms with Crippen LogP contribution in [0.1, 0.15) is 22.9 Å². The van der Waals surface area contributed by atoms with Gasteiger partial charge in [-0.05, 0) is 42.8 Å².